The number of amides is 1. The zero-order valence-electron chi connectivity index (χ0n) is 15.5. The van der Waals surface area contributed by atoms with Gasteiger partial charge in [0, 0.05) is 24.5 Å². The first-order chi connectivity index (χ1) is 13.0. The Morgan fingerprint density at radius 3 is 2.74 bits per heavy atom. The van der Waals surface area contributed by atoms with Gasteiger partial charge in [0.25, 0.3) is 0 Å². The SMILES string of the molecule is CCOC(=O)c1c(NC(=O)[C@@H](C)Cl)sc2c1CCN(Cc1ccccc1)C2. The van der Waals surface area contributed by atoms with Gasteiger partial charge in [-0.25, -0.2) is 4.79 Å². The minimum atomic E-state index is -0.672. The molecular formula is C20H23ClN2O3S. The van der Waals surface area contributed by atoms with E-state index in [1.165, 1.54) is 16.9 Å². The number of fused-ring (bicyclic) bond motifs is 1. The number of rotatable bonds is 6. The molecule has 0 aliphatic carbocycles. The summed E-state index contributed by atoms with van der Waals surface area (Å²) < 4.78 is 5.23. The van der Waals surface area contributed by atoms with E-state index in [0.29, 0.717) is 17.2 Å². The predicted molar refractivity (Wildman–Crippen MR) is 108 cm³/mol. The van der Waals surface area contributed by atoms with Gasteiger partial charge in [0.15, 0.2) is 0 Å². The van der Waals surface area contributed by atoms with Crippen LogP contribution in [0.25, 0.3) is 0 Å². The normalized spacial score (nSPS) is 15.1. The predicted octanol–water partition coefficient (Wildman–Crippen LogP) is 4.05. The van der Waals surface area contributed by atoms with Crippen LogP contribution in [0.5, 0.6) is 0 Å². The number of anilines is 1. The maximum absolute atomic E-state index is 12.5. The lowest BCUT2D eigenvalue weighted by Gasteiger charge is -2.27. The first-order valence-corrected chi connectivity index (χ1v) is 10.3. The third kappa shape index (κ3) is 4.69. The molecule has 1 N–H and O–H groups in total. The summed E-state index contributed by atoms with van der Waals surface area (Å²) in [5.74, 6) is -0.703. The van der Waals surface area contributed by atoms with Crippen LogP contribution in [0.15, 0.2) is 30.3 Å². The Morgan fingerprint density at radius 2 is 2.07 bits per heavy atom. The second kappa shape index (κ2) is 8.87. The van der Waals surface area contributed by atoms with Crippen molar-refractivity contribution >= 4 is 39.8 Å². The highest BCUT2D eigenvalue weighted by Crippen LogP contribution is 2.38. The molecule has 5 nitrogen and oxygen atoms in total. The van der Waals surface area contributed by atoms with Gasteiger partial charge < -0.3 is 10.1 Å². The van der Waals surface area contributed by atoms with Gasteiger partial charge >= 0.3 is 5.97 Å². The summed E-state index contributed by atoms with van der Waals surface area (Å²) >= 11 is 7.32. The van der Waals surface area contributed by atoms with E-state index < -0.39 is 5.38 Å². The van der Waals surface area contributed by atoms with E-state index in [0.717, 1.165) is 36.5 Å². The Kier molecular flexibility index (Phi) is 6.52. The molecule has 0 spiro atoms. The molecule has 7 heteroatoms. The number of alkyl halides is 1. The monoisotopic (exact) mass is 406 g/mol. The van der Waals surface area contributed by atoms with Gasteiger partial charge in [0.2, 0.25) is 5.91 Å². The molecular weight excluding hydrogens is 384 g/mol. The minimum Gasteiger partial charge on any atom is -0.462 e. The highest BCUT2D eigenvalue weighted by atomic mass is 35.5. The van der Waals surface area contributed by atoms with Gasteiger partial charge in [0.1, 0.15) is 10.4 Å². The summed E-state index contributed by atoms with van der Waals surface area (Å²) in [7, 11) is 0. The molecule has 1 aromatic carbocycles. The van der Waals surface area contributed by atoms with Crippen LogP contribution in [0.3, 0.4) is 0 Å². The van der Waals surface area contributed by atoms with Crippen molar-refractivity contribution in [3.05, 3.63) is 51.9 Å². The lowest BCUT2D eigenvalue weighted by molar-refractivity contribution is -0.115. The summed E-state index contributed by atoms with van der Waals surface area (Å²) in [4.78, 5) is 28.0. The topological polar surface area (TPSA) is 58.6 Å². The van der Waals surface area contributed by atoms with Crippen LogP contribution >= 0.6 is 22.9 Å². The average molecular weight is 407 g/mol. The Hall–Kier alpha value is -1.89. The average Bonchev–Trinajstić information content (AvgIpc) is 2.99. The minimum absolute atomic E-state index is 0.295. The van der Waals surface area contributed by atoms with Gasteiger partial charge in [-0.05, 0) is 31.4 Å². The van der Waals surface area contributed by atoms with Crippen molar-refractivity contribution in [2.45, 2.75) is 38.7 Å². The fourth-order valence-electron chi connectivity index (χ4n) is 3.15. The zero-order chi connectivity index (χ0) is 19.4. The molecule has 0 saturated carbocycles. The lowest BCUT2D eigenvalue weighted by atomic mass is 10.0. The van der Waals surface area contributed by atoms with Crippen molar-refractivity contribution in [1.82, 2.24) is 4.90 Å². The number of hydrogen-bond donors (Lipinski definition) is 1. The summed E-state index contributed by atoms with van der Waals surface area (Å²) in [6, 6.07) is 10.3. The van der Waals surface area contributed by atoms with Crippen molar-refractivity contribution in [3.63, 3.8) is 0 Å². The summed E-state index contributed by atoms with van der Waals surface area (Å²) in [5.41, 5.74) is 2.73. The number of benzene rings is 1. The highest BCUT2D eigenvalue weighted by Gasteiger charge is 2.30. The van der Waals surface area contributed by atoms with Gasteiger partial charge in [-0.2, -0.15) is 0 Å². The molecule has 27 heavy (non-hydrogen) atoms. The molecule has 0 fully saturated rings. The highest BCUT2D eigenvalue weighted by molar-refractivity contribution is 7.17. The molecule has 1 aliphatic heterocycles. The summed E-state index contributed by atoms with van der Waals surface area (Å²) in [6.45, 7) is 6.13. The number of carbonyl (C=O) groups is 2. The number of ether oxygens (including phenoxy) is 1. The maximum atomic E-state index is 12.5. The second-order valence-corrected chi connectivity index (χ2v) is 8.24. The van der Waals surface area contributed by atoms with Gasteiger partial charge in [-0.15, -0.1) is 22.9 Å². The molecule has 2 aromatic rings. The third-order valence-corrected chi connectivity index (χ3v) is 5.79. The Bertz CT molecular complexity index is 820. The van der Waals surface area contributed by atoms with Crippen molar-refractivity contribution in [2.24, 2.45) is 0 Å². The van der Waals surface area contributed by atoms with E-state index >= 15 is 0 Å². The number of nitrogens with zero attached hydrogens (tertiary/aromatic N) is 1. The van der Waals surface area contributed by atoms with Crippen LogP contribution in [0.2, 0.25) is 0 Å². The molecule has 0 saturated heterocycles. The van der Waals surface area contributed by atoms with E-state index in [9.17, 15) is 9.59 Å². The van der Waals surface area contributed by atoms with E-state index in [2.05, 4.69) is 22.3 Å². The third-order valence-electron chi connectivity index (χ3n) is 4.46. The summed E-state index contributed by atoms with van der Waals surface area (Å²) in [5, 5.41) is 2.67. The van der Waals surface area contributed by atoms with E-state index in [1.54, 1.807) is 13.8 Å². The molecule has 0 bridgehead atoms. The van der Waals surface area contributed by atoms with Gasteiger partial charge in [0.05, 0.1) is 12.2 Å². The van der Waals surface area contributed by atoms with Crippen molar-refractivity contribution < 1.29 is 14.3 Å². The van der Waals surface area contributed by atoms with Gasteiger partial charge in [-0.3, -0.25) is 9.69 Å². The van der Waals surface area contributed by atoms with Crippen molar-refractivity contribution in [2.75, 3.05) is 18.5 Å². The van der Waals surface area contributed by atoms with Crippen molar-refractivity contribution in [1.29, 1.82) is 0 Å². The molecule has 1 atom stereocenters. The number of thiophene rings is 1. The Labute approximate surface area is 168 Å². The van der Waals surface area contributed by atoms with Gasteiger partial charge in [-0.1, -0.05) is 30.3 Å². The molecule has 2 heterocycles. The molecule has 1 aliphatic rings. The number of nitrogens with one attached hydrogen (secondary N) is 1. The first-order valence-electron chi connectivity index (χ1n) is 9.02. The number of halogens is 1. The maximum Gasteiger partial charge on any atom is 0.341 e. The fourth-order valence-corrected chi connectivity index (χ4v) is 4.49. The molecule has 1 amide bonds. The smallest absolute Gasteiger partial charge is 0.341 e. The Balaban J connectivity index is 1.85. The van der Waals surface area contributed by atoms with Crippen LogP contribution in [0.4, 0.5) is 5.00 Å². The molecule has 0 radical (unpaired) electrons. The first kappa shape index (κ1) is 19.9. The lowest BCUT2D eigenvalue weighted by Crippen LogP contribution is -2.30. The van der Waals surface area contributed by atoms with Crippen LogP contribution in [0, 0.1) is 0 Å². The fraction of sp³-hybridized carbons (Fsp3) is 0.400. The molecule has 1 aromatic heterocycles. The second-order valence-electron chi connectivity index (χ2n) is 6.48. The van der Waals surface area contributed by atoms with Crippen LogP contribution < -0.4 is 5.32 Å². The largest absolute Gasteiger partial charge is 0.462 e. The molecule has 3 rings (SSSR count). The molecule has 0 unspecified atom stereocenters. The van der Waals surface area contributed by atoms with Crippen LogP contribution in [-0.4, -0.2) is 35.3 Å². The Morgan fingerprint density at radius 1 is 1.33 bits per heavy atom. The van der Waals surface area contributed by atoms with E-state index in [-0.39, 0.29) is 11.9 Å². The zero-order valence-corrected chi connectivity index (χ0v) is 17.0. The quantitative estimate of drug-likeness (QED) is 0.580. The number of carbonyl (C=O) groups excluding carboxylic acids is 2. The van der Waals surface area contributed by atoms with Crippen LogP contribution in [0.1, 0.15) is 40.2 Å². The summed E-state index contributed by atoms with van der Waals surface area (Å²) in [6.07, 6.45) is 0.749. The van der Waals surface area contributed by atoms with E-state index in [1.807, 2.05) is 18.2 Å². The van der Waals surface area contributed by atoms with E-state index in [4.69, 9.17) is 16.3 Å². The van der Waals surface area contributed by atoms with Crippen molar-refractivity contribution in [3.8, 4) is 0 Å². The number of esters is 1. The molecule has 144 valence electrons. The number of hydrogen-bond acceptors (Lipinski definition) is 5. The standard InChI is InChI=1S/C20H23ClN2O3S/c1-3-26-20(25)17-15-9-10-23(11-14-7-5-4-6-8-14)12-16(15)27-19(17)22-18(24)13(2)21/h4-8,13H,3,9-12H2,1-2H3,(H,22,24)/t13-/m1/s1. The van der Waals surface area contributed by atoms with Crippen LogP contribution in [-0.2, 0) is 29.0 Å².